The predicted octanol–water partition coefficient (Wildman–Crippen LogP) is 1.48. The van der Waals surface area contributed by atoms with Gasteiger partial charge in [0.25, 0.3) is 0 Å². The van der Waals surface area contributed by atoms with Crippen molar-refractivity contribution < 1.29 is 9.90 Å². The van der Waals surface area contributed by atoms with Gasteiger partial charge in [0, 0.05) is 17.7 Å². The molecule has 1 aliphatic rings. The Labute approximate surface area is 57.9 Å². The van der Waals surface area contributed by atoms with Crippen LogP contribution in [0.25, 0.3) is 0 Å². The van der Waals surface area contributed by atoms with Crippen molar-refractivity contribution in [2.24, 2.45) is 0 Å². The number of hydrogen-bond donors (Lipinski definition) is 1. The third-order valence-electron chi connectivity index (χ3n) is 1.31. The monoisotopic (exact) mass is 144 g/mol. The smallest absolute Gasteiger partial charge is 0.163 e. The summed E-state index contributed by atoms with van der Waals surface area (Å²) in [5, 5.41) is 9.17. The normalized spacial score (nSPS) is 20.8. The van der Waals surface area contributed by atoms with E-state index in [1.165, 1.54) is 11.8 Å². The highest BCUT2D eigenvalue weighted by atomic mass is 32.2. The van der Waals surface area contributed by atoms with Crippen LogP contribution < -0.4 is 0 Å². The molecule has 2 nitrogen and oxygen atoms in total. The molecule has 1 heterocycles. The minimum Gasteiger partial charge on any atom is -0.502 e. The molecule has 0 spiro atoms. The first kappa shape index (κ1) is 6.68. The number of aliphatic hydroxyl groups is 1. The number of allylic oxidation sites excluding steroid dienone is 1. The van der Waals surface area contributed by atoms with Gasteiger partial charge in [-0.1, -0.05) is 11.8 Å². The maximum Gasteiger partial charge on any atom is 0.163 e. The van der Waals surface area contributed by atoms with Crippen LogP contribution in [0.4, 0.5) is 0 Å². The van der Waals surface area contributed by atoms with E-state index in [0.717, 1.165) is 5.75 Å². The van der Waals surface area contributed by atoms with Crippen LogP contribution >= 0.6 is 11.8 Å². The molecule has 0 fully saturated rings. The summed E-state index contributed by atoms with van der Waals surface area (Å²) in [6, 6.07) is 0. The average Bonchev–Trinajstić information content (AvgIpc) is 1.83. The van der Waals surface area contributed by atoms with Crippen LogP contribution in [0.3, 0.4) is 0 Å². The van der Waals surface area contributed by atoms with E-state index in [0.29, 0.717) is 12.0 Å². The van der Waals surface area contributed by atoms with Gasteiger partial charge in [0.05, 0.1) is 0 Å². The van der Waals surface area contributed by atoms with Gasteiger partial charge in [-0.2, -0.15) is 0 Å². The molecule has 0 aromatic rings. The quantitative estimate of drug-likeness (QED) is 0.559. The lowest BCUT2D eigenvalue weighted by Gasteiger charge is -2.09. The molecule has 0 atom stereocenters. The van der Waals surface area contributed by atoms with Crippen LogP contribution in [0.2, 0.25) is 0 Å². The van der Waals surface area contributed by atoms with Gasteiger partial charge in [0.1, 0.15) is 0 Å². The summed E-state index contributed by atoms with van der Waals surface area (Å²) in [6.45, 7) is 1.66. The molecule has 0 bridgehead atoms. The van der Waals surface area contributed by atoms with Crippen LogP contribution in [0, 0.1) is 0 Å². The van der Waals surface area contributed by atoms with E-state index in [9.17, 15) is 4.79 Å². The highest BCUT2D eigenvalue weighted by molar-refractivity contribution is 8.02. The largest absolute Gasteiger partial charge is 0.502 e. The molecule has 1 N–H and O–H groups in total. The molecule has 0 amide bonds. The molecule has 50 valence electrons. The molecular formula is C6H8O2S. The highest BCUT2D eigenvalue weighted by Crippen LogP contribution is 2.24. The summed E-state index contributed by atoms with van der Waals surface area (Å²) in [6.07, 6.45) is 0.570. The predicted molar refractivity (Wildman–Crippen MR) is 37.4 cm³/mol. The first-order chi connectivity index (χ1) is 4.22. The van der Waals surface area contributed by atoms with Crippen LogP contribution in [-0.2, 0) is 4.79 Å². The van der Waals surface area contributed by atoms with E-state index < -0.39 is 0 Å². The van der Waals surface area contributed by atoms with E-state index in [1.54, 1.807) is 6.92 Å². The number of ketones is 1. The zero-order valence-corrected chi connectivity index (χ0v) is 5.99. The van der Waals surface area contributed by atoms with Crippen LogP contribution in [0.1, 0.15) is 13.3 Å². The van der Waals surface area contributed by atoms with Gasteiger partial charge >= 0.3 is 0 Å². The molecule has 0 aromatic heterocycles. The molecule has 9 heavy (non-hydrogen) atoms. The van der Waals surface area contributed by atoms with Crippen molar-refractivity contribution in [3.05, 3.63) is 10.7 Å². The molecule has 0 unspecified atom stereocenters. The molecule has 1 rings (SSSR count). The van der Waals surface area contributed by atoms with Crippen molar-refractivity contribution in [3.8, 4) is 0 Å². The zero-order chi connectivity index (χ0) is 6.85. The number of hydrogen-bond acceptors (Lipinski definition) is 3. The molecule has 3 heteroatoms. The van der Waals surface area contributed by atoms with Crippen LogP contribution in [0.15, 0.2) is 10.7 Å². The zero-order valence-electron chi connectivity index (χ0n) is 5.18. The third-order valence-corrected chi connectivity index (χ3v) is 2.29. The highest BCUT2D eigenvalue weighted by Gasteiger charge is 2.15. The maximum absolute atomic E-state index is 10.8. The fourth-order valence-corrected chi connectivity index (χ4v) is 1.47. The van der Waals surface area contributed by atoms with Gasteiger partial charge in [-0.05, 0) is 6.92 Å². The Morgan fingerprint density at radius 3 is 2.78 bits per heavy atom. The number of Topliss-reactive ketones (excluding diaryl/α,β-unsaturated/α-hetero) is 1. The van der Waals surface area contributed by atoms with Gasteiger partial charge in [-0.15, -0.1) is 0 Å². The van der Waals surface area contributed by atoms with Gasteiger partial charge < -0.3 is 5.11 Å². The lowest BCUT2D eigenvalue weighted by molar-refractivity contribution is -0.115. The second-order valence-electron chi connectivity index (χ2n) is 1.95. The lowest BCUT2D eigenvalue weighted by Crippen LogP contribution is -2.08. The summed E-state index contributed by atoms with van der Waals surface area (Å²) >= 11 is 1.34. The summed E-state index contributed by atoms with van der Waals surface area (Å²) < 4.78 is 0. The molecule has 0 radical (unpaired) electrons. The molecular weight excluding hydrogens is 136 g/mol. The first-order valence-corrected chi connectivity index (χ1v) is 3.76. The van der Waals surface area contributed by atoms with Crippen LogP contribution in [-0.4, -0.2) is 16.6 Å². The van der Waals surface area contributed by atoms with Gasteiger partial charge in [-0.3, -0.25) is 4.79 Å². The van der Waals surface area contributed by atoms with Crippen molar-refractivity contribution in [2.75, 3.05) is 5.75 Å². The van der Waals surface area contributed by atoms with E-state index in [4.69, 9.17) is 5.11 Å². The topological polar surface area (TPSA) is 37.3 Å². The maximum atomic E-state index is 10.8. The van der Waals surface area contributed by atoms with E-state index in [1.807, 2.05) is 0 Å². The second-order valence-corrected chi connectivity index (χ2v) is 3.04. The second kappa shape index (κ2) is 2.43. The summed E-state index contributed by atoms with van der Waals surface area (Å²) in [7, 11) is 0. The van der Waals surface area contributed by atoms with E-state index in [2.05, 4.69) is 0 Å². The number of carbonyl (C=O) groups excluding carboxylic acids is 1. The Hall–Kier alpha value is -0.440. The summed E-state index contributed by atoms with van der Waals surface area (Å²) in [5.41, 5.74) is 0.520. The Morgan fingerprint density at radius 2 is 2.33 bits per heavy atom. The standard InChI is InChI=1S/C6H8O2S/c1-4-5(7)2-3-9-6(4)8/h8H,2-3H2,1H3. The van der Waals surface area contributed by atoms with E-state index >= 15 is 0 Å². The SMILES string of the molecule is CC1=C(O)SCCC1=O. The lowest BCUT2D eigenvalue weighted by atomic mass is 10.2. The van der Waals surface area contributed by atoms with Crippen molar-refractivity contribution in [1.82, 2.24) is 0 Å². The number of rotatable bonds is 0. The Bertz CT molecular complexity index is 172. The summed E-state index contributed by atoms with van der Waals surface area (Å²) in [4.78, 5) is 10.8. The average molecular weight is 144 g/mol. The minimum atomic E-state index is 0.0752. The van der Waals surface area contributed by atoms with Crippen molar-refractivity contribution in [3.63, 3.8) is 0 Å². The number of carbonyl (C=O) groups is 1. The fourth-order valence-electron chi connectivity index (χ4n) is 0.655. The van der Waals surface area contributed by atoms with E-state index in [-0.39, 0.29) is 10.9 Å². The Morgan fingerprint density at radius 1 is 1.67 bits per heavy atom. The molecule has 0 aromatic carbocycles. The van der Waals surface area contributed by atoms with Crippen molar-refractivity contribution in [2.45, 2.75) is 13.3 Å². The van der Waals surface area contributed by atoms with Crippen LogP contribution in [0.5, 0.6) is 0 Å². The van der Waals surface area contributed by atoms with Crippen molar-refractivity contribution >= 4 is 17.5 Å². The molecule has 0 aliphatic carbocycles. The number of thioether (sulfide) groups is 1. The van der Waals surface area contributed by atoms with Gasteiger partial charge in [0.15, 0.2) is 10.9 Å². The summed E-state index contributed by atoms with van der Waals surface area (Å²) in [5.74, 6) is 0.799. The fraction of sp³-hybridized carbons (Fsp3) is 0.500. The number of aliphatic hydroxyl groups excluding tert-OH is 1. The Balaban J connectivity index is 2.84. The first-order valence-electron chi connectivity index (χ1n) is 2.77. The minimum absolute atomic E-state index is 0.0752. The van der Waals surface area contributed by atoms with Gasteiger partial charge in [0.2, 0.25) is 0 Å². The Kier molecular flexibility index (Phi) is 1.81. The third kappa shape index (κ3) is 1.27. The molecule has 1 aliphatic heterocycles. The van der Waals surface area contributed by atoms with Gasteiger partial charge in [-0.25, -0.2) is 0 Å². The molecule has 0 saturated carbocycles. The molecule has 0 saturated heterocycles. The van der Waals surface area contributed by atoms with Crippen molar-refractivity contribution in [1.29, 1.82) is 0 Å².